The molecule has 1 heterocycles. The topological polar surface area (TPSA) is 57.7 Å². The summed E-state index contributed by atoms with van der Waals surface area (Å²) in [5.74, 6) is -0.954. The predicted octanol–water partition coefficient (Wildman–Crippen LogP) is 1.60. The summed E-state index contributed by atoms with van der Waals surface area (Å²) < 4.78 is 38.9. The molecule has 0 N–H and O–H groups in total. The third-order valence-corrected chi connectivity index (χ3v) is 4.80. The molecule has 5 nitrogen and oxygen atoms in total. The summed E-state index contributed by atoms with van der Waals surface area (Å²) in [6.45, 7) is 2.74. The van der Waals surface area contributed by atoms with Crippen LogP contribution in [-0.2, 0) is 14.8 Å². The van der Waals surface area contributed by atoms with Crippen molar-refractivity contribution < 1.29 is 17.6 Å². The van der Waals surface area contributed by atoms with Gasteiger partial charge in [0.1, 0.15) is 11.9 Å². The highest BCUT2D eigenvalue weighted by atomic mass is 32.2. The molecular weight excluding hydrogens is 295 g/mol. The Kier molecular flexibility index (Phi) is 4.51. The zero-order chi connectivity index (χ0) is 15.6. The SMILES string of the molecule is CC(C(=O)N1CCCC1)N(c1ccccc1F)S(C)(=O)=O. The van der Waals surface area contributed by atoms with Crippen molar-refractivity contribution in [2.75, 3.05) is 23.7 Å². The van der Waals surface area contributed by atoms with Gasteiger partial charge in [-0.2, -0.15) is 0 Å². The van der Waals surface area contributed by atoms with Crippen LogP contribution in [0.1, 0.15) is 19.8 Å². The summed E-state index contributed by atoms with van der Waals surface area (Å²) in [6.07, 6.45) is 2.81. The summed E-state index contributed by atoms with van der Waals surface area (Å²) in [7, 11) is -3.77. The van der Waals surface area contributed by atoms with Crippen molar-refractivity contribution in [2.45, 2.75) is 25.8 Å². The van der Waals surface area contributed by atoms with E-state index in [0.717, 1.165) is 23.4 Å². The number of hydrogen-bond donors (Lipinski definition) is 0. The molecule has 7 heteroatoms. The van der Waals surface area contributed by atoms with Crippen LogP contribution in [0.4, 0.5) is 10.1 Å². The van der Waals surface area contributed by atoms with E-state index in [1.54, 1.807) is 11.0 Å². The number of rotatable bonds is 4. The average molecular weight is 314 g/mol. The van der Waals surface area contributed by atoms with Gasteiger partial charge < -0.3 is 4.90 Å². The first kappa shape index (κ1) is 15.8. The average Bonchev–Trinajstić information content (AvgIpc) is 2.92. The number of hydrogen-bond acceptors (Lipinski definition) is 3. The maximum atomic E-state index is 13.9. The van der Waals surface area contributed by atoms with E-state index in [1.165, 1.54) is 25.1 Å². The third-order valence-electron chi connectivity index (χ3n) is 3.57. The minimum atomic E-state index is -3.77. The van der Waals surface area contributed by atoms with Crippen LogP contribution in [0.5, 0.6) is 0 Å². The molecule has 21 heavy (non-hydrogen) atoms. The third kappa shape index (κ3) is 3.34. The van der Waals surface area contributed by atoms with Gasteiger partial charge in [0, 0.05) is 13.1 Å². The van der Waals surface area contributed by atoms with Gasteiger partial charge in [-0.3, -0.25) is 9.10 Å². The Labute approximate surface area is 124 Å². The Morgan fingerprint density at radius 3 is 2.38 bits per heavy atom. The van der Waals surface area contributed by atoms with Crippen molar-refractivity contribution in [1.82, 2.24) is 4.90 Å². The Balaban J connectivity index is 2.37. The normalized spacial score (nSPS) is 16.8. The largest absolute Gasteiger partial charge is 0.341 e. The number of carbonyl (C=O) groups excluding carboxylic acids is 1. The number of likely N-dealkylation sites (tertiary alicyclic amines) is 1. The van der Waals surface area contributed by atoms with Crippen molar-refractivity contribution in [3.63, 3.8) is 0 Å². The molecule has 0 spiro atoms. The van der Waals surface area contributed by atoms with Crippen LogP contribution >= 0.6 is 0 Å². The lowest BCUT2D eigenvalue weighted by atomic mass is 10.2. The van der Waals surface area contributed by atoms with Crippen LogP contribution in [0.2, 0.25) is 0 Å². The van der Waals surface area contributed by atoms with Crippen LogP contribution in [0, 0.1) is 5.82 Å². The molecule has 2 rings (SSSR count). The molecule has 1 amide bonds. The highest BCUT2D eigenvalue weighted by Gasteiger charge is 2.34. The van der Waals surface area contributed by atoms with Gasteiger partial charge in [-0.25, -0.2) is 12.8 Å². The van der Waals surface area contributed by atoms with Gasteiger partial charge in [-0.15, -0.1) is 0 Å². The van der Waals surface area contributed by atoms with Crippen LogP contribution in [0.25, 0.3) is 0 Å². The molecule has 1 aromatic rings. The first-order valence-corrected chi connectivity index (χ1v) is 8.70. The molecule has 1 unspecified atom stereocenters. The van der Waals surface area contributed by atoms with E-state index < -0.39 is 21.9 Å². The van der Waals surface area contributed by atoms with Crippen molar-refractivity contribution in [3.05, 3.63) is 30.1 Å². The van der Waals surface area contributed by atoms with Crippen LogP contribution in [0.15, 0.2) is 24.3 Å². The van der Waals surface area contributed by atoms with E-state index in [0.29, 0.717) is 13.1 Å². The molecule has 1 aliphatic rings. The van der Waals surface area contributed by atoms with Crippen molar-refractivity contribution in [3.8, 4) is 0 Å². The van der Waals surface area contributed by atoms with Gasteiger partial charge in [-0.1, -0.05) is 12.1 Å². The molecule has 1 aliphatic heterocycles. The fourth-order valence-electron chi connectivity index (χ4n) is 2.61. The minimum Gasteiger partial charge on any atom is -0.341 e. The highest BCUT2D eigenvalue weighted by molar-refractivity contribution is 7.92. The highest BCUT2D eigenvalue weighted by Crippen LogP contribution is 2.25. The predicted molar refractivity (Wildman–Crippen MR) is 79.0 cm³/mol. The number of carbonyl (C=O) groups is 1. The van der Waals surface area contributed by atoms with Gasteiger partial charge in [-0.05, 0) is 31.9 Å². The summed E-state index contributed by atoms with van der Waals surface area (Å²) >= 11 is 0. The van der Waals surface area contributed by atoms with Crippen molar-refractivity contribution in [1.29, 1.82) is 0 Å². The Morgan fingerprint density at radius 2 is 1.86 bits per heavy atom. The molecule has 1 fully saturated rings. The van der Waals surface area contributed by atoms with Crippen LogP contribution < -0.4 is 4.31 Å². The second-order valence-corrected chi connectivity index (χ2v) is 7.08. The van der Waals surface area contributed by atoms with E-state index in [-0.39, 0.29) is 11.6 Å². The molecule has 1 saturated heterocycles. The standard InChI is InChI=1S/C14H19FN2O3S/c1-11(14(18)16-9-5-6-10-16)17(21(2,19)20)13-8-4-3-7-12(13)15/h3-4,7-8,11H,5-6,9-10H2,1-2H3. The second-order valence-electron chi connectivity index (χ2n) is 5.22. The zero-order valence-electron chi connectivity index (χ0n) is 12.1. The van der Waals surface area contributed by atoms with E-state index in [4.69, 9.17) is 0 Å². The Bertz CT molecular complexity index is 627. The molecule has 0 aromatic heterocycles. The number of amides is 1. The van der Waals surface area contributed by atoms with Crippen molar-refractivity contribution >= 4 is 21.6 Å². The summed E-state index contributed by atoms with van der Waals surface area (Å²) in [6, 6.07) is 4.61. The molecule has 116 valence electrons. The molecule has 0 radical (unpaired) electrons. The van der Waals surface area contributed by atoms with Gasteiger partial charge in [0.05, 0.1) is 11.9 Å². The molecule has 0 bridgehead atoms. The minimum absolute atomic E-state index is 0.0972. The lowest BCUT2D eigenvalue weighted by Gasteiger charge is -2.31. The van der Waals surface area contributed by atoms with E-state index in [2.05, 4.69) is 0 Å². The second kappa shape index (κ2) is 6.01. The molecule has 1 atom stereocenters. The lowest BCUT2D eigenvalue weighted by molar-refractivity contribution is -0.130. The van der Waals surface area contributed by atoms with E-state index >= 15 is 0 Å². The van der Waals surface area contributed by atoms with Crippen LogP contribution in [-0.4, -0.2) is 44.6 Å². The monoisotopic (exact) mass is 314 g/mol. The number of anilines is 1. The first-order chi connectivity index (χ1) is 9.82. The lowest BCUT2D eigenvalue weighted by Crippen LogP contribution is -2.49. The van der Waals surface area contributed by atoms with Gasteiger partial charge in [0.15, 0.2) is 0 Å². The quantitative estimate of drug-likeness (QED) is 0.848. The number of para-hydroxylation sites is 1. The Hall–Kier alpha value is -1.63. The molecule has 0 saturated carbocycles. The fourth-order valence-corrected chi connectivity index (χ4v) is 3.78. The van der Waals surface area contributed by atoms with E-state index in [1.807, 2.05) is 0 Å². The Morgan fingerprint density at radius 1 is 1.29 bits per heavy atom. The molecular formula is C14H19FN2O3S. The zero-order valence-corrected chi connectivity index (χ0v) is 12.9. The summed E-state index contributed by atoms with van der Waals surface area (Å²) in [5.41, 5.74) is -0.0972. The smallest absolute Gasteiger partial charge is 0.246 e. The number of halogens is 1. The fraction of sp³-hybridized carbons (Fsp3) is 0.500. The number of benzene rings is 1. The van der Waals surface area contributed by atoms with Crippen LogP contribution in [0.3, 0.4) is 0 Å². The number of sulfonamides is 1. The van der Waals surface area contributed by atoms with Gasteiger partial charge >= 0.3 is 0 Å². The molecule has 1 aromatic carbocycles. The van der Waals surface area contributed by atoms with Gasteiger partial charge in [0.2, 0.25) is 15.9 Å². The van der Waals surface area contributed by atoms with E-state index in [9.17, 15) is 17.6 Å². The summed E-state index contributed by atoms with van der Waals surface area (Å²) in [4.78, 5) is 14.0. The molecule has 0 aliphatic carbocycles. The maximum absolute atomic E-state index is 13.9. The van der Waals surface area contributed by atoms with Crippen molar-refractivity contribution in [2.24, 2.45) is 0 Å². The maximum Gasteiger partial charge on any atom is 0.246 e. The first-order valence-electron chi connectivity index (χ1n) is 6.85. The number of nitrogens with zero attached hydrogens (tertiary/aromatic N) is 2. The van der Waals surface area contributed by atoms with Gasteiger partial charge in [0.25, 0.3) is 0 Å². The summed E-state index contributed by atoms with van der Waals surface area (Å²) in [5, 5.41) is 0.